The average Bonchev–Trinajstić information content (AvgIpc) is 2.74. The Balaban J connectivity index is 1.70. The number of sulfone groups is 1. The predicted molar refractivity (Wildman–Crippen MR) is 85.8 cm³/mol. The van der Waals surface area contributed by atoms with E-state index in [1.807, 2.05) is 19.9 Å². The van der Waals surface area contributed by atoms with Crippen LogP contribution in [0.25, 0.3) is 0 Å². The molecule has 0 bridgehead atoms. The Morgan fingerprint density at radius 2 is 2.17 bits per heavy atom. The third kappa shape index (κ3) is 2.71. The molecule has 2 aliphatic rings. The number of carbonyl (C=O) groups is 1. The van der Waals surface area contributed by atoms with E-state index < -0.39 is 14.6 Å². The first-order chi connectivity index (χ1) is 10.9. The molecule has 2 fully saturated rings. The average molecular weight is 338 g/mol. The van der Waals surface area contributed by atoms with Crippen molar-refractivity contribution in [3.05, 3.63) is 24.4 Å². The third-order valence-electron chi connectivity index (χ3n) is 4.89. The van der Waals surface area contributed by atoms with Gasteiger partial charge in [0, 0.05) is 37.2 Å². The van der Waals surface area contributed by atoms with E-state index in [1.54, 1.807) is 23.2 Å². The molecular formula is C16H22N2O4S. The Hall–Kier alpha value is -1.63. The van der Waals surface area contributed by atoms with Crippen LogP contribution in [0.3, 0.4) is 0 Å². The van der Waals surface area contributed by atoms with Crippen LogP contribution in [-0.4, -0.2) is 54.4 Å². The number of pyridine rings is 1. The molecule has 3 heterocycles. The van der Waals surface area contributed by atoms with Crippen molar-refractivity contribution >= 4 is 15.7 Å². The topological polar surface area (TPSA) is 76.6 Å². The number of likely N-dealkylation sites (tertiary alicyclic amines) is 1. The van der Waals surface area contributed by atoms with E-state index in [1.165, 1.54) is 0 Å². The fraction of sp³-hybridized carbons (Fsp3) is 0.625. The molecule has 0 aromatic carbocycles. The lowest BCUT2D eigenvalue weighted by atomic mass is 9.83. The summed E-state index contributed by atoms with van der Waals surface area (Å²) in [6, 6.07) is 5.39. The molecule has 1 unspecified atom stereocenters. The summed E-state index contributed by atoms with van der Waals surface area (Å²) < 4.78 is 29.9. The maximum Gasteiger partial charge on any atom is 0.225 e. The molecule has 3 rings (SSSR count). The van der Waals surface area contributed by atoms with Crippen molar-refractivity contribution in [3.8, 4) is 5.88 Å². The molecular weight excluding hydrogens is 316 g/mol. The van der Waals surface area contributed by atoms with Crippen LogP contribution in [0.2, 0.25) is 0 Å². The van der Waals surface area contributed by atoms with Gasteiger partial charge in [-0.2, -0.15) is 0 Å². The van der Waals surface area contributed by atoms with E-state index in [2.05, 4.69) is 4.98 Å². The Kier molecular flexibility index (Phi) is 4.08. The Morgan fingerprint density at radius 3 is 2.78 bits per heavy atom. The largest absolute Gasteiger partial charge is 0.477 e. The molecule has 1 aromatic heterocycles. The number of rotatable bonds is 4. The van der Waals surface area contributed by atoms with Gasteiger partial charge in [-0.25, -0.2) is 13.4 Å². The summed E-state index contributed by atoms with van der Waals surface area (Å²) in [5, 5.41) is 0. The summed E-state index contributed by atoms with van der Waals surface area (Å²) in [4.78, 5) is 17.8. The first-order valence-electron chi connectivity index (χ1n) is 7.91. The first-order valence-corrected chi connectivity index (χ1v) is 9.56. The fourth-order valence-electron chi connectivity index (χ4n) is 3.45. The lowest BCUT2D eigenvalue weighted by Crippen LogP contribution is -2.69. The Labute approximate surface area is 136 Å². The van der Waals surface area contributed by atoms with Gasteiger partial charge in [0.05, 0.1) is 12.4 Å². The number of ether oxygens (including phenoxy) is 1. The summed E-state index contributed by atoms with van der Waals surface area (Å²) in [5.74, 6) is 0.487. The molecule has 23 heavy (non-hydrogen) atoms. The quantitative estimate of drug-likeness (QED) is 0.822. The molecule has 6 nitrogen and oxygen atoms in total. The van der Waals surface area contributed by atoms with Gasteiger partial charge < -0.3 is 9.64 Å². The minimum Gasteiger partial charge on any atom is -0.477 e. The molecule has 0 radical (unpaired) electrons. The maximum absolute atomic E-state index is 12.5. The molecule has 1 amide bonds. The lowest BCUT2D eigenvalue weighted by molar-refractivity contribution is -0.141. The molecule has 2 saturated heterocycles. The van der Waals surface area contributed by atoms with E-state index in [0.717, 1.165) is 0 Å². The zero-order valence-electron chi connectivity index (χ0n) is 13.4. The number of aromatic nitrogens is 1. The first kappa shape index (κ1) is 16.2. The highest BCUT2D eigenvalue weighted by atomic mass is 32.2. The van der Waals surface area contributed by atoms with Gasteiger partial charge in [-0.05, 0) is 12.5 Å². The van der Waals surface area contributed by atoms with Crippen molar-refractivity contribution in [2.45, 2.75) is 25.0 Å². The second kappa shape index (κ2) is 5.78. The molecule has 2 aliphatic heterocycles. The van der Waals surface area contributed by atoms with Gasteiger partial charge in [0.1, 0.15) is 4.75 Å². The van der Waals surface area contributed by atoms with Crippen LogP contribution in [-0.2, 0) is 14.6 Å². The van der Waals surface area contributed by atoms with Crippen LogP contribution in [0.4, 0.5) is 0 Å². The van der Waals surface area contributed by atoms with Crippen LogP contribution < -0.4 is 4.74 Å². The van der Waals surface area contributed by atoms with E-state index >= 15 is 0 Å². The number of amides is 1. The van der Waals surface area contributed by atoms with Gasteiger partial charge in [-0.15, -0.1) is 0 Å². The predicted octanol–water partition coefficient (Wildman–Crippen LogP) is 1.13. The van der Waals surface area contributed by atoms with Crippen LogP contribution >= 0.6 is 0 Å². The fourth-order valence-corrected chi connectivity index (χ4v) is 5.85. The smallest absolute Gasteiger partial charge is 0.225 e. The second-order valence-corrected chi connectivity index (χ2v) is 9.15. The molecule has 1 aromatic rings. The highest BCUT2D eigenvalue weighted by Crippen LogP contribution is 2.45. The van der Waals surface area contributed by atoms with Gasteiger partial charge in [0.15, 0.2) is 9.84 Å². The second-order valence-electron chi connectivity index (χ2n) is 6.70. The van der Waals surface area contributed by atoms with Crippen molar-refractivity contribution in [2.75, 3.05) is 25.4 Å². The van der Waals surface area contributed by atoms with Crippen molar-refractivity contribution in [3.63, 3.8) is 0 Å². The van der Waals surface area contributed by atoms with E-state index in [4.69, 9.17) is 4.74 Å². The standard InChI is InChI=1S/C16H22N2O4S/c1-12(2)15(19)18-10-16(11-18)13(6-8-23(16,20)21)9-22-14-5-3-4-7-17-14/h3-5,7,12-13H,6,8-11H2,1-2H3. The summed E-state index contributed by atoms with van der Waals surface area (Å²) in [6.45, 7) is 4.57. The van der Waals surface area contributed by atoms with Gasteiger partial charge in [-0.1, -0.05) is 19.9 Å². The number of hydrogen-bond donors (Lipinski definition) is 0. The van der Waals surface area contributed by atoms with Gasteiger partial charge in [0.2, 0.25) is 11.8 Å². The lowest BCUT2D eigenvalue weighted by Gasteiger charge is -2.50. The molecule has 7 heteroatoms. The van der Waals surface area contributed by atoms with E-state index in [-0.39, 0.29) is 23.5 Å². The van der Waals surface area contributed by atoms with Crippen molar-refractivity contribution in [1.29, 1.82) is 0 Å². The number of nitrogens with zero attached hydrogens (tertiary/aromatic N) is 2. The zero-order valence-corrected chi connectivity index (χ0v) is 14.3. The minimum absolute atomic E-state index is 0.0159. The summed E-state index contributed by atoms with van der Waals surface area (Å²) >= 11 is 0. The van der Waals surface area contributed by atoms with Gasteiger partial charge in [-0.3, -0.25) is 4.79 Å². The SMILES string of the molecule is CC(C)C(=O)N1CC2(C1)C(COc1ccccn1)CCS2(=O)=O. The van der Waals surface area contributed by atoms with E-state index in [9.17, 15) is 13.2 Å². The maximum atomic E-state index is 12.5. The Bertz CT molecular complexity index is 681. The van der Waals surface area contributed by atoms with Crippen LogP contribution in [0.1, 0.15) is 20.3 Å². The van der Waals surface area contributed by atoms with Crippen molar-refractivity contribution in [1.82, 2.24) is 9.88 Å². The van der Waals surface area contributed by atoms with E-state index in [0.29, 0.717) is 32.0 Å². The monoisotopic (exact) mass is 338 g/mol. The number of hydrogen-bond acceptors (Lipinski definition) is 5. The number of carbonyl (C=O) groups excluding carboxylic acids is 1. The molecule has 0 N–H and O–H groups in total. The zero-order chi connectivity index (χ0) is 16.7. The molecule has 0 aliphatic carbocycles. The van der Waals surface area contributed by atoms with Crippen LogP contribution in [0.15, 0.2) is 24.4 Å². The highest BCUT2D eigenvalue weighted by Gasteiger charge is 2.62. The molecule has 126 valence electrons. The Morgan fingerprint density at radius 1 is 1.43 bits per heavy atom. The molecule has 0 saturated carbocycles. The van der Waals surface area contributed by atoms with Crippen molar-refractivity contribution in [2.24, 2.45) is 11.8 Å². The normalized spacial score (nSPS) is 24.7. The van der Waals surface area contributed by atoms with Gasteiger partial charge >= 0.3 is 0 Å². The van der Waals surface area contributed by atoms with Crippen molar-refractivity contribution < 1.29 is 17.9 Å². The highest BCUT2D eigenvalue weighted by molar-refractivity contribution is 7.93. The van der Waals surface area contributed by atoms with Crippen LogP contribution in [0, 0.1) is 11.8 Å². The third-order valence-corrected chi connectivity index (χ3v) is 7.49. The van der Waals surface area contributed by atoms with Gasteiger partial charge in [0.25, 0.3) is 0 Å². The summed E-state index contributed by atoms with van der Waals surface area (Å²) in [6.07, 6.45) is 2.22. The molecule has 1 atom stereocenters. The minimum atomic E-state index is -3.19. The summed E-state index contributed by atoms with van der Waals surface area (Å²) in [7, 11) is -3.19. The molecule has 1 spiro atoms. The summed E-state index contributed by atoms with van der Waals surface area (Å²) in [5.41, 5.74) is 0. The van der Waals surface area contributed by atoms with Crippen LogP contribution in [0.5, 0.6) is 5.88 Å².